The van der Waals surface area contributed by atoms with E-state index in [1.165, 1.54) is 0 Å². The Kier molecular flexibility index (Phi) is 5.45. The first-order valence-electron chi connectivity index (χ1n) is 5.93. The molecule has 0 aliphatic rings. The van der Waals surface area contributed by atoms with Gasteiger partial charge in [0.15, 0.2) is 0 Å². The SMILES string of the molecule is CCNc1nc(NCCC(C)C)nc(OC)n1. The molecule has 0 unspecified atom stereocenters. The second-order valence-electron chi connectivity index (χ2n) is 4.11. The maximum absolute atomic E-state index is 5.03. The van der Waals surface area contributed by atoms with E-state index in [-0.39, 0.29) is 0 Å². The van der Waals surface area contributed by atoms with Crippen molar-refractivity contribution in [1.29, 1.82) is 0 Å². The van der Waals surface area contributed by atoms with E-state index >= 15 is 0 Å². The Hall–Kier alpha value is -1.59. The Labute approximate surface area is 102 Å². The molecule has 6 heteroatoms. The third-order valence-corrected chi connectivity index (χ3v) is 2.14. The van der Waals surface area contributed by atoms with E-state index in [0.717, 1.165) is 19.5 Å². The fourth-order valence-corrected chi connectivity index (χ4v) is 1.24. The molecule has 0 radical (unpaired) electrons. The number of nitrogens with one attached hydrogen (secondary N) is 2. The van der Waals surface area contributed by atoms with Crippen molar-refractivity contribution < 1.29 is 4.74 Å². The average molecular weight is 239 g/mol. The van der Waals surface area contributed by atoms with Crippen LogP contribution in [0.4, 0.5) is 11.9 Å². The maximum Gasteiger partial charge on any atom is 0.322 e. The summed E-state index contributed by atoms with van der Waals surface area (Å²) in [5.41, 5.74) is 0. The van der Waals surface area contributed by atoms with Gasteiger partial charge in [-0.3, -0.25) is 0 Å². The summed E-state index contributed by atoms with van der Waals surface area (Å²) in [6.07, 6.45) is 1.07. The van der Waals surface area contributed by atoms with Gasteiger partial charge in [0, 0.05) is 13.1 Å². The largest absolute Gasteiger partial charge is 0.467 e. The van der Waals surface area contributed by atoms with Crippen molar-refractivity contribution in [1.82, 2.24) is 15.0 Å². The highest BCUT2D eigenvalue weighted by Crippen LogP contribution is 2.11. The highest BCUT2D eigenvalue weighted by molar-refractivity contribution is 5.35. The number of nitrogens with zero attached hydrogens (tertiary/aromatic N) is 3. The van der Waals surface area contributed by atoms with Gasteiger partial charge in [0.1, 0.15) is 0 Å². The van der Waals surface area contributed by atoms with Gasteiger partial charge in [-0.25, -0.2) is 0 Å². The van der Waals surface area contributed by atoms with Crippen LogP contribution < -0.4 is 15.4 Å². The fraction of sp³-hybridized carbons (Fsp3) is 0.727. The lowest BCUT2D eigenvalue weighted by atomic mass is 10.1. The van der Waals surface area contributed by atoms with Gasteiger partial charge in [-0.2, -0.15) is 15.0 Å². The number of rotatable bonds is 7. The molecule has 2 N–H and O–H groups in total. The quantitative estimate of drug-likeness (QED) is 0.755. The molecular formula is C11H21N5O. The molecule has 17 heavy (non-hydrogen) atoms. The number of hydrogen-bond acceptors (Lipinski definition) is 6. The molecule has 0 aromatic carbocycles. The van der Waals surface area contributed by atoms with Crippen molar-refractivity contribution in [3.63, 3.8) is 0 Å². The lowest BCUT2D eigenvalue weighted by Gasteiger charge is -2.09. The normalized spacial score (nSPS) is 10.4. The summed E-state index contributed by atoms with van der Waals surface area (Å²) in [5.74, 6) is 1.74. The van der Waals surface area contributed by atoms with Gasteiger partial charge in [-0.05, 0) is 19.3 Å². The van der Waals surface area contributed by atoms with Crippen molar-refractivity contribution in [2.24, 2.45) is 5.92 Å². The standard InChI is InChI=1S/C11H21N5O/c1-5-12-9-14-10(13-7-6-8(2)3)16-11(15-9)17-4/h8H,5-7H2,1-4H3,(H2,12,13,14,15,16). The molecule has 0 fully saturated rings. The summed E-state index contributed by atoms with van der Waals surface area (Å²) < 4.78 is 5.03. The van der Waals surface area contributed by atoms with Crippen LogP contribution in [-0.4, -0.2) is 35.2 Å². The molecule has 1 heterocycles. The summed E-state index contributed by atoms with van der Waals surface area (Å²) in [5, 5.41) is 6.21. The predicted molar refractivity (Wildman–Crippen MR) is 68.5 cm³/mol. The minimum Gasteiger partial charge on any atom is -0.467 e. The lowest BCUT2D eigenvalue weighted by Crippen LogP contribution is -2.11. The van der Waals surface area contributed by atoms with E-state index < -0.39 is 0 Å². The zero-order valence-electron chi connectivity index (χ0n) is 10.9. The molecule has 0 saturated heterocycles. The molecule has 1 aromatic heterocycles. The molecule has 1 rings (SSSR count). The third-order valence-electron chi connectivity index (χ3n) is 2.14. The molecule has 96 valence electrons. The molecule has 0 amide bonds. The van der Waals surface area contributed by atoms with Crippen molar-refractivity contribution in [3.8, 4) is 6.01 Å². The summed E-state index contributed by atoms with van der Waals surface area (Å²) in [6, 6.07) is 0.322. The minimum absolute atomic E-state index is 0.322. The molecule has 0 atom stereocenters. The second-order valence-corrected chi connectivity index (χ2v) is 4.11. The predicted octanol–water partition coefficient (Wildman–Crippen LogP) is 1.77. The van der Waals surface area contributed by atoms with Gasteiger partial charge >= 0.3 is 6.01 Å². The minimum atomic E-state index is 0.322. The second kappa shape index (κ2) is 6.88. The van der Waals surface area contributed by atoms with Gasteiger partial charge in [-0.15, -0.1) is 0 Å². The van der Waals surface area contributed by atoms with Crippen molar-refractivity contribution in [2.45, 2.75) is 27.2 Å². The van der Waals surface area contributed by atoms with Crippen LogP contribution in [-0.2, 0) is 0 Å². The Bertz CT molecular complexity index is 343. The molecule has 1 aromatic rings. The molecular weight excluding hydrogens is 218 g/mol. The topological polar surface area (TPSA) is 72.0 Å². The monoisotopic (exact) mass is 239 g/mol. The van der Waals surface area contributed by atoms with E-state index in [9.17, 15) is 0 Å². The Morgan fingerprint density at radius 1 is 1.12 bits per heavy atom. The Balaban J connectivity index is 2.66. The van der Waals surface area contributed by atoms with Gasteiger partial charge < -0.3 is 15.4 Å². The summed E-state index contributed by atoms with van der Waals surface area (Å²) >= 11 is 0. The van der Waals surface area contributed by atoms with Crippen molar-refractivity contribution >= 4 is 11.9 Å². The molecule has 0 saturated carbocycles. The zero-order valence-corrected chi connectivity index (χ0v) is 10.9. The van der Waals surface area contributed by atoms with Gasteiger partial charge in [-0.1, -0.05) is 13.8 Å². The summed E-state index contributed by atoms with van der Waals surface area (Å²) in [4.78, 5) is 12.5. The Morgan fingerprint density at radius 3 is 2.29 bits per heavy atom. The van der Waals surface area contributed by atoms with Crippen LogP contribution in [0.3, 0.4) is 0 Å². The first-order valence-corrected chi connectivity index (χ1v) is 5.93. The third kappa shape index (κ3) is 4.84. The molecule has 0 aliphatic carbocycles. The van der Waals surface area contributed by atoms with Crippen LogP contribution in [0.5, 0.6) is 6.01 Å². The van der Waals surface area contributed by atoms with Gasteiger partial charge in [0.05, 0.1) is 7.11 Å². The molecule has 0 spiro atoms. The molecule has 6 nitrogen and oxygen atoms in total. The van der Waals surface area contributed by atoms with E-state index in [1.807, 2.05) is 6.92 Å². The van der Waals surface area contributed by atoms with E-state index in [0.29, 0.717) is 23.8 Å². The number of methoxy groups -OCH3 is 1. The first-order chi connectivity index (χ1) is 8.15. The summed E-state index contributed by atoms with van der Waals surface area (Å²) in [7, 11) is 1.54. The first kappa shape index (κ1) is 13.5. The number of anilines is 2. The lowest BCUT2D eigenvalue weighted by molar-refractivity contribution is 0.379. The van der Waals surface area contributed by atoms with E-state index in [1.54, 1.807) is 7.11 Å². The van der Waals surface area contributed by atoms with Gasteiger partial charge in [0.25, 0.3) is 0 Å². The van der Waals surface area contributed by atoms with Crippen LogP contribution in [0, 0.1) is 5.92 Å². The van der Waals surface area contributed by atoms with Crippen LogP contribution in [0.2, 0.25) is 0 Å². The smallest absolute Gasteiger partial charge is 0.322 e. The van der Waals surface area contributed by atoms with E-state index in [2.05, 4.69) is 39.4 Å². The highest BCUT2D eigenvalue weighted by atomic mass is 16.5. The van der Waals surface area contributed by atoms with Gasteiger partial charge in [0.2, 0.25) is 11.9 Å². The fourth-order valence-electron chi connectivity index (χ4n) is 1.24. The Morgan fingerprint density at radius 2 is 1.76 bits per heavy atom. The number of hydrogen-bond donors (Lipinski definition) is 2. The van der Waals surface area contributed by atoms with Crippen molar-refractivity contribution in [3.05, 3.63) is 0 Å². The van der Waals surface area contributed by atoms with Crippen LogP contribution in [0.15, 0.2) is 0 Å². The van der Waals surface area contributed by atoms with Crippen LogP contribution in [0.25, 0.3) is 0 Å². The highest BCUT2D eigenvalue weighted by Gasteiger charge is 2.05. The average Bonchev–Trinajstić information content (AvgIpc) is 2.28. The number of aromatic nitrogens is 3. The van der Waals surface area contributed by atoms with Crippen LogP contribution >= 0.6 is 0 Å². The molecule has 0 bridgehead atoms. The number of ether oxygens (including phenoxy) is 1. The summed E-state index contributed by atoms with van der Waals surface area (Å²) in [6.45, 7) is 7.95. The molecule has 0 aliphatic heterocycles. The van der Waals surface area contributed by atoms with E-state index in [4.69, 9.17) is 4.74 Å². The van der Waals surface area contributed by atoms with Crippen molar-refractivity contribution in [2.75, 3.05) is 30.8 Å². The van der Waals surface area contributed by atoms with Crippen LogP contribution in [0.1, 0.15) is 27.2 Å². The zero-order chi connectivity index (χ0) is 12.7. The maximum atomic E-state index is 5.03.